The van der Waals surface area contributed by atoms with Gasteiger partial charge in [-0.2, -0.15) is 0 Å². The first-order valence-electron chi connectivity index (χ1n) is 5.22. The van der Waals surface area contributed by atoms with E-state index in [-0.39, 0.29) is 0 Å². The van der Waals surface area contributed by atoms with Crippen LogP contribution >= 0.6 is 0 Å². The van der Waals surface area contributed by atoms with Gasteiger partial charge in [-0.3, -0.25) is 0 Å². The summed E-state index contributed by atoms with van der Waals surface area (Å²) in [6.45, 7) is 2.30. The molecule has 2 unspecified atom stereocenters. The Balaban J connectivity index is 2.01. The molecular formula is C11H17N3. The lowest BCUT2D eigenvalue weighted by atomic mass is 10.1. The smallest absolute Gasteiger partial charge is 0.146 e. The van der Waals surface area contributed by atoms with E-state index in [0.29, 0.717) is 11.9 Å². The summed E-state index contributed by atoms with van der Waals surface area (Å²) in [7, 11) is 0. The fraction of sp³-hybridized carbons (Fsp3) is 0.545. The number of nitrogens with zero attached hydrogens (tertiary/aromatic N) is 1. The average molecular weight is 191 g/mol. The zero-order chi connectivity index (χ0) is 9.97. The molecule has 76 valence electrons. The maximum Gasteiger partial charge on any atom is 0.146 e. The van der Waals surface area contributed by atoms with Crippen molar-refractivity contribution in [1.29, 1.82) is 0 Å². The molecule has 0 radical (unpaired) electrons. The van der Waals surface area contributed by atoms with Crippen molar-refractivity contribution in [3.8, 4) is 0 Å². The van der Waals surface area contributed by atoms with Crippen LogP contribution in [0.4, 0.5) is 11.5 Å². The Morgan fingerprint density at radius 2 is 2.36 bits per heavy atom. The first-order chi connectivity index (χ1) is 6.75. The van der Waals surface area contributed by atoms with Crippen LogP contribution in [0.3, 0.4) is 0 Å². The van der Waals surface area contributed by atoms with Crippen LogP contribution in [0.1, 0.15) is 26.2 Å². The Hall–Kier alpha value is -1.25. The van der Waals surface area contributed by atoms with E-state index >= 15 is 0 Å². The second kappa shape index (κ2) is 3.86. The van der Waals surface area contributed by atoms with E-state index in [1.165, 1.54) is 19.3 Å². The van der Waals surface area contributed by atoms with Crippen molar-refractivity contribution in [3.05, 3.63) is 18.3 Å². The molecule has 14 heavy (non-hydrogen) atoms. The highest BCUT2D eigenvalue weighted by Gasteiger charge is 2.21. The molecule has 0 saturated heterocycles. The standard InChI is InChI=1S/C11H17N3/c1-8-4-5-9(7-8)14-10-3-2-6-13-11(10)12/h2-3,6,8-9,14H,4-5,7H2,1H3,(H2,12,13). The molecule has 1 aliphatic rings. The van der Waals surface area contributed by atoms with E-state index in [0.717, 1.165) is 11.6 Å². The summed E-state index contributed by atoms with van der Waals surface area (Å²) < 4.78 is 0. The zero-order valence-electron chi connectivity index (χ0n) is 8.53. The molecule has 1 saturated carbocycles. The SMILES string of the molecule is CC1CCC(Nc2cccnc2N)C1. The maximum absolute atomic E-state index is 5.76. The monoisotopic (exact) mass is 191 g/mol. The normalized spacial score (nSPS) is 26.4. The number of aromatic nitrogens is 1. The molecule has 0 aliphatic heterocycles. The quantitative estimate of drug-likeness (QED) is 0.754. The second-order valence-electron chi connectivity index (χ2n) is 4.20. The number of nitrogens with two attached hydrogens (primary N) is 1. The van der Waals surface area contributed by atoms with Crippen LogP contribution < -0.4 is 11.1 Å². The van der Waals surface area contributed by atoms with Crippen LogP contribution in [0.5, 0.6) is 0 Å². The van der Waals surface area contributed by atoms with Crippen LogP contribution in [0.15, 0.2) is 18.3 Å². The van der Waals surface area contributed by atoms with E-state index in [1.54, 1.807) is 6.20 Å². The minimum Gasteiger partial charge on any atom is -0.382 e. The molecule has 1 aliphatic carbocycles. The number of pyridine rings is 1. The van der Waals surface area contributed by atoms with E-state index < -0.39 is 0 Å². The molecule has 3 N–H and O–H groups in total. The zero-order valence-corrected chi connectivity index (χ0v) is 8.53. The molecule has 0 spiro atoms. The molecule has 1 aromatic rings. The number of rotatable bonds is 2. The molecular weight excluding hydrogens is 174 g/mol. The highest BCUT2D eigenvalue weighted by molar-refractivity contribution is 5.61. The summed E-state index contributed by atoms with van der Waals surface area (Å²) in [6, 6.07) is 4.49. The predicted octanol–water partition coefficient (Wildman–Crippen LogP) is 2.26. The molecule has 3 heteroatoms. The van der Waals surface area contributed by atoms with Gasteiger partial charge < -0.3 is 11.1 Å². The second-order valence-corrected chi connectivity index (χ2v) is 4.20. The van der Waals surface area contributed by atoms with Crippen LogP contribution in [0.25, 0.3) is 0 Å². The topological polar surface area (TPSA) is 50.9 Å². The highest BCUT2D eigenvalue weighted by atomic mass is 15.0. The largest absolute Gasteiger partial charge is 0.382 e. The Labute approximate surface area is 84.7 Å². The Morgan fingerprint density at radius 3 is 3.00 bits per heavy atom. The number of hydrogen-bond acceptors (Lipinski definition) is 3. The number of anilines is 2. The van der Waals surface area contributed by atoms with Gasteiger partial charge in [0.25, 0.3) is 0 Å². The molecule has 0 amide bonds. The van der Waals surface area contributed by atoms with Crippen LogP contribution in [-0.2, 0) is 0 Å². The molecule has 1 heterocycles. The minimum absolute atomic E-state index is 0.580. The van der Waals surface area contributed by atoms with Crippen molar-refractivity contribution in [1.82, 2.24) is 4.98 Å². The summed E-state index contributed by atoms with van der Waals surface area (Å²) in [6.07, 6.45) is 5.53. The van der Waals surface area contributed by atoms with Crippen molar-refractivity contribution in [2.45, 2.75) is 32.2 Å². The third-order valence-corrected chi connectivity index (χ3v) is 2.89. The van der Waals surface area contributed by atoms with Gasteiger partial charge in [-0.25, -0.2) is 4.98 Å². The number of nitrogen functional groups attached to an aromatic ring is 1. The summed E-state index contributed by atoms with van der Waals surface area (Å²) in [5, 5.41) is 3.45. The van der Waals surface area contributed by atoms with Gasteiger partial charge in [0, 0.05) is 12.2 Å². The molecule has 1 aromatic heterocycles. The first-order valence-corrected chi connectivity index (χ1v) is 5.22. The lowest BCUT2D eigenvalue weighted by Gasteiger charge is -2.14. The average Bonchev–Trinajstić information content (AvgIpc) is 2.56. The third kappa shape index (κ3) is 1.97. The van der Waals surface area contributed by atoms with Crippen LogP contribution in [-0.4, -0.2) is 11.0 Å². The number of nitrogens with one attached hydrogen (secondary N) is 1. The van der Waals surface area contributed by atoms with Gasteiger partial charge in [0.1, 0.15) is 5.82 Å². The molecule has 1 fully saturated rings. The molecule has 2 atom stereocenters. The third-order valence-electron chi connectivity index (χ3n) is 2.89. The van der Waals surface area contributed by atoms with Crippen molar-refractivity contribution in [3.63, 3.8) is 0 Å². The molecule has 0 bridgehead atoms. The van der Waals surface area contributed by atoms with Gasteiger partial charge in [0.2, 0.25) is 0 Å². The van der Waals surface area contributed by atoms with Gasteiger partial charge in [-0.05, 0) is 37.3 Å². The Morgan fingerprint density at radius 1 is 1.50 bits per heavy atom. The minimum atomic E-state index is 0.580. The first kappa shape index (κ1) is 9.31. The van der Waals surface area contributed by atoms with E-state index in [2.05, 4.69) is 17.2 Å². The van der Waals surface area contributed by atoms with Crippen LogP contribution in [0, 0.1) is 5.92 Å². The summed E-state index contributed by atoms with van der Waals surface area (Å²) in [4.78, 5) is 4.06. The van der Waals surface area contributed by atoms with Crippen molar-refractivity contribution >= 4 is 11.5 Å². The fourth-order valence-electron chi connectivity index (χ4n) is 2.10. The van der Waals surface area contributed by atoms with Gasteiger partial charge in [0.15, 0.2) is 0 Å². The summed E-state index contributed by atoms with van der Waals surface area (Å²) in [5.74, 6) is 1.44. The molecule has 0 aromatic carbocycles. The van der Waals surface area contributed by atoms with E-state index in [4.69, 9.17) is 5.73 Å². The van der Waals surface area contributed by atoms with Crippen LogP contribution in [0.2, 0.25) is 0 Å². The van der Waals surface area contributed by atoms with Crippen molar-refractivity contribution in [2.24, 2.45) is 5.92 Å². The van der Waals surface area contributed by atoms with Crippen molar-refractivity contribution < 1.29 is 0 Å². The highest BCUT2D eigenvalue weighted by Crippen LogP contribution is 2.28. The van der Waals surface area contributed by atoms with Gasteiger partial charge >= 0.3 is 0 Å². The van der Waals surface area contributed by atoms with Gasteiger partial charge in [-0.15, -0.1) is 0 Å². The lowest BCUT2D eigenvalue weighted by molar-refractivity contribution is 0.602. The fourth-order valence-corrected chi connectivity index (χ4v) is 2.10. The van der Waals surface area contributed by atoms with E-state index in [9.17, 15) is 0 Å². The van der Waals surface area contributed by atoms with Crippen molar-refractivity contribution in [2.75, 3.05) is 11.1 Å². The Kier molecular flexibility index (Phi) is 2.57. The Bertz CT molecular complexity index is 311. The summed E-state index contributed by atoms with van der Waals surface area (Å²) in [5.41, 5.74) is 6.74. The number of hydrogen-bond donors (Lipinski definition) is 2. The summed E-state index contributed by atoms with van der Waals surface area (Å²) >= 11 is 0. The lowest BCUT2D eigenvalue weighted by Crippen LogP contribution is -2.16. The maximum atomic E-state index is 5.76. The predicted molar refractivity (Wildman–Crippen MR) is 59.1 cm³/mol. The molecule has 2 rings (SSSR count). The van der Waals surface area contributed by atoms with E-state index in [1.807, 2.05) is 12.1 Å². The molecule has 3 nitrogen and oxygen atoms in total. The van der Waals surface area contributed by atoms with Gasteiger partial charge in [-0.1, -0.05) is 6.92 Å². The van der Waals surface area contributed by atoms with Gasteiger partial charge in [0.05, 0.1) is 5.69 Å².